The summed E-state index contributed by atoms with van der Waals surface area (Å²) in [6, 6.07) is 0.549. The summed E-state index contributed by atoms with van der Waals surface area (Å²) in [5.41, 5.74) is 0. The van der Waals surface area contributed by atoms with Gasteiger partial charge in [0.25, 0.3) is 0 Å². The van der Waals surface area contributed by atoms with Crippen LogP contribution in [0.3, 0.4) is 0 Å². The van der Waals surface area contributed by atoms with E-state index < -0.39 is 0 Å². The van der Waals surface area contributed by atoms with Gasteiger partial charge in [-0.3, -0.25) is 4.99 Å². The summed E-state index contributed by atoms with van der Waals surface area (Å²) in [6.45, 7) is 10.8. The van der Waals surface area contributed by atoms with E-state index in [-0.39, 0.29) is 24.0 Å². The average Bonchev–Trinajstić information content (AvgIpc) is 3.14. The lowest BCUT2D eigenvalue weighted by Gasteiger charge is -2.33. The fourth-order valence-electron chi connectivity index (χ4n) is 3.13. The number of aromatic nitrogens is 3. The molecule has 1 aliphatic rings. The van der Waals surface area contributed by atoms with E-state index in [1.54, 1.807) is 12.7 Å². The Labute approximate surface area is 175 Å². The van der Waals surface area contributed by atoms with Crippen LogP contribution in [0.1, 0.15) is 52.4 Å². The van der Waals surface area contributed by atoms with Crippen molar-refractivity contribution in [3.8, 4) is 0 Å². The van der Waals surface area contributed by atoms with Crippen LogP contribution in [0.15, 0.2) is 17.6 Å². The first-order valence-electron chi connectivity index (χ1n) is 9.91. The van der Waals surface area contributed by atoms with Gasteiger partial charge in [0.1, 0.15) is 12.7 Å². The van der Waals surface area contributed by atoms with Crippen molar-refractivity contribution in [3.05, 3.63) is 12.7 Å². The van der Waals surface area contributed by atoms with E-state index in [0.29, 0.717) is 6.04 Å². The fourth-order valence-corrected chi connectivity index (χ4v) is 3.13. The molecule has 1 aliphatic heterocycles. The Morgan fingerprint density at radius 2 is 1.81 bits per heavy atom. The highest BCUT2D eigenvalue weighted by Crippen LogP contribution is 2.11. The molecule has 0 aliphatic carbocycles. The number of halogens is 1. The van der Waals surface area contributed by atoms with Crippen molar-refractivity contribution in [2.24, 2.45) is 4.99 Å². The Hall–Kier alpha value is -0.900. The Kier molecular flexibility index (Phi) is 12.6. The first kappa shape index (κ1) is 23.1. The highest BCUT2D eigenvalue weighted by molar-refractivity contribution is 14.0. The molecule has 2 N–H and O–H groups in total. The van der Waals surface area contributed by atoms with Gasteiger partial charge >= 0.3 is 0 Å². The van der Waals surface area contributed by atoms with E-state index in [4.69, 9.17) is 4.99 Å². The van der Waals surface area contributed by atoms with Crippen LogP contribution >= 0.6 is 24.0 Å². The van der Waals surface area contributed by atoms with Crippen LogP contribution in [0.2, 0.25) is 0 Å². The third-order valence-electron chi connectivity index (χ3n) is 4.66. The second-order valence-electron chi connectivity index (χ2n) is 6.78. The summed E-state index contributed by atoms with van der Waals surface area (Å²) in [7, 11) is 0. The van der Waals surface area contributed by atoms with E-state index in [9.17, 15) is 0 Å². The summed E-state index contributed by atoms with van der Waals surface area (Å²) in [5.74, 6) is 0.971. The normalized spacial score (nSPS) is 16.3. The van der Waals surface area contributed by atoms with E-state index in [1.807, 2.05) is 4.57 Å². The Bertz CT molecular complexity index is 470. The Morgan fingerprint density at radius 1 is 1.08 bits per heavy atom. The molecule has 0 atom stereocenters. The topological polar surface area (TPSA) is 70.4 Å². The predicted molar refractivity (Wildman–Crippen MR) is 118 cm³/mol. The Morgan fingerprint density at radius 3 is 2.46 bits per heavy atom. The molecular weight excluding hydrogens is 441 g/mol. The molecular formula is C18H36IN7. The molecule has 0 radical (unpaired) electrons. The quantitative estimate of drug-likeness (QED) is 0.235. The molecule has 0 saturated carbocycles. The van der Waals surface area contributed by atoms with Gasteiger partial charge in [0, 0.05) is 38.8 Å². The van der Waals surface area contributed by atoms with E-state index in [1.165, 1.54) is 45.3 Å². The number of hydrogen-bond donors (Lipinski definition) is 2. The molecule has 7 nitrogen and oxygen atoms in total. The summed E-state index contributed by atoms with van der Waals surface area (Å²) in [6.07, 6.45) is 10.7. The van der Waals surface area contributed by atoms with Crippen LogP contribution in [0.5, 0.6) is 0 Å². The minimum absolute atomic E-state index is 0. The van der Waals surface area contributed by atoms with Gasteiger partial charge in [0.15, 0.2) is 5.96 Å². The third kappa shape index (κ3) is 9.16. The average molecular weight is 477 g/mol. The van der Waals surface area contributed by atoms with Crippen molar-refractivity contribution >= 4 is 29.9 Å². The minimum Gasteiger partial charge on any atom is -0.357 e. The lowest BCUT2D eigenvalue weighted by molar-refractivity contribution is 0.203. The molecule has 1 fully saturated rings. The van der Waals surface area contributed by atoms with Crippen molar-refractivity contribution < 1.29 is 0 Å². The van der Waals surface area contributed by atoms with Crippen molar-refractivity contribution in [3.63, 3.8) is 0 Å². The molecule has 26 heavy (non-hydrogen) atoms. The lowest BCUT2D eigenvalue weighted by atomic mass is 10.0. The number of likely N-dealkylation sites (tertiary alicyclic amines) is 1. The molecule has 2 rings (SSSR count). The first-order chi connectivity index (χ1) is 12.3. The van der Waals surface area contributed by atoms with E-state index in [2.05, 4.69) is 39.6 Å². The molecule has 0 unspecified atom stereocenters. The number of guanidine groups is 1. The van der Waals surface area contributed by atoms with Gasteiger partial charge < -0.3 is 20.1 Å². The van der Waals surface area contributed by atoms with Crippen LogP contribution in [0.4, 0.5) is 0 Å². The highest BCUT2D eigenvalue weighted by atomic mass is 127. The third-order valence-corrected chi connectivity index (χ3v) is 4.66. The molecule has 0 amide bonds. The SMILES string of the molecule is CCCCN1CCC(NC(=NCCCCn2cnnc2)NCC)CC1.I. The van der Waals surface area contributed by atoms with Gasteiger partial charge in [-0.15, -0.1) is 34.2 Å². The number of piperidine rings is 1. The van der Waals surface area contributed by atoms with Gasteiger partial charge in [-0.2, -0.15) is 0 Å². The number of hydrogen-bond acceptors (Lipinski definition) is 4. The van der Waals surface area contributed by atoms with Crippen molar-refractivity contribution in [1.82, 2.24) is 30.3 Å². The zero-order chi connectivity index (χ0) is 17.7. The first-order valence-corrected chi connectivity index (χ1v) is 9.91. The van der Waals surface area contributed by atoms with Gasteiger partial charge in [-0.1, -0.05) is 13.3 Å². The zero-order valence-electron chi connectivity index (χ0n) is 16.4. The molecule has 1 aromatic heterocycles. The monoisotopic (exact) mass is 477 g/mol. The van der Waals surface area contributed by atoms with Gasteiger partial charge in [0.05, 0.1) is 0 Å². The maximum absolute atomic E-state index is 4.74. The predicted octanol–water partition coefficient (Wildman–Crippen LogP) is 2.50. The number of nitrogens with zero attached hydrogens (tertiary/aromatic N) is 5. The van der Waals surface area contributed by atoms with Gasteiger partial charge in [-0.05, 0) is 45.6 Å². The van der Waals surface area contributed by atoms with E-state index in [0.717, 1.165) is 38.4 Å². The molecule has 0 spiro atoms. The van der Waals surface area contributed by atoms with Crippen molar-refractivity contribution in [2.75, 3.05) is 32.7 Å². The van der Waals surface area contributed by atoms with Crippen LogP contribution < -0.4 is 10.6 Å². The summed E-state index contributed by atoms with van der Waals surface area (Å²) in [5, 5.41) is 14.6. The maximum Gasteiger partial charge on any atom is 0.191 e. The number of rotatable bonds is 10. The minimum atomic E-state index is 0. The largest absolute Gasteiger partial charge is 0.357 e. The van der Waals surface area contributed by atoms with Crippen LogP contribution in [-0.2, 0) is 6.54 Å². The standard InChI is InChI=1S/C18H35N7.HI/c1-3-5-11-24-13-8-17(9-14-24)23-18(19-4-2)20-10-6-7-12-25-15-21-22-16-25;/h15-17H,3-14H2,1-2H3,(H2,19,20,23);1H. The van der Waals surface area contributed by atoms with Gasteiger partial charge in [0.2, 0.25) is 0 Å². The highest BCUT2D eigenvalue weighted by Gasteiger charge is 2.19. The number of aryl methyl sites for hydroxylation is 1. The molecule has 8 heteroatoms. The molecule has 2 heterocycles. The Balaban J connectivity index is 0.00000338. The van der Waals surface area contributed by atoms with Gasteiger partial charge in [-0.25, -0.2) is 0 Å². The molecule has 0 bridgehead atoms. The van der Waals surface area contributed by atoms with Crippen LogP contribution in [0, 0.1) is 0 Å². The maximum atomic E-state index is 4.74. The smallest absolute Gasteiger partial charge is 0.191 e. The van der Waals surface area contributed by atoms with Crippen LogP contribution in [-0.4, -0.2) is 64.4 Å². The number of aliphatic imine (C=N–C) groups is 1. The summed E-state index contributed by atoms with van der Waals surface area (Å²) >= 11 is 0. The van der Waals surface area contributed by atoms with Crippen molar-refractivity contribution in [1.29, 1.82) is 0 Å². The lowest BCUT2D eigenvalue weighted by Crippen LogP contribution is -2.48. The van der Waals surface area contributed by atoms with Crippen molar-refractivity contribution in [2.45, 2.75) is 65.0 Å². The molecule has 1 saturated heterocycles. The summed E-state index contributed by atoms with van der Waals surface area (Å²) in [4.78, 5) is 7.33. The zero-order valence-corrected chi connectivity index (χ0v) is 18.7. The second-order valence-corrected chi connectivity index (χ2v) is 6.78. The molecule has 0 aromatic carbocycles. The number of nitrogens with one attached hydrogen (secondary N) is 2. The molecule has 150 valence electrons. The second kappa shape index (κ2) is 14.2. The summed E-state index contributed by atoms with van der Waals surface area (Å²) < 4.78 is 2.01. The fraction of sp³-hybridized carbons (Fsp3) is 0.833. The van der Waals surface area contributed by atoms with Crippen LogP contribution in [0.25, 0.3) is 0 Å². The molecule has 1 aromatic rings. The number of unbranched alkanes of at least 4 members (excludes halogenated alkanes) is 2. The van der Waals surface area contributed by atoms with E-state index >= 15 is 0 Å².